The molecule has 0 unspecified atom stereocenters. The van der Waals surface area contributed by atoms with Crippen molar-refractivity contribution < 1.29 is 4.42 Å². The van der Waals surface area contributed by atoms with E-state index in [1.165, 1.54) is 12.0 Å². The Kier molecular flexibility index (Phi) is 4.68. The quantitative estimate of drug-likeness (QED) is 0.655. The fourth-order valence-electron chi connectivity index (χ4n) is 4.77. The highest BCUT2D eigenvalue weighted by Crippen LogP contribution is 2.41. The lowest BCUT2D eigenvalue weighted by molar-refractivity contribution is 0.305. The van der Waals surface area contributed by atoms with Gasteiger partial charge in [0.25, 0.3) is 0 Å². The third kappa shape index (κ3) is 3.34. The van der Waals surface area contributed by atoms with E-state index in [1.54, 1.807) is 0 Å². The Morgan fingerprint density at radius 1 is 1.06 bits per heavy atom. The molecule has 7 heteroatoms. The molecule has 5 rings (SSSR count). The number of aryl methyl sites for hydroxylation is 2. The summed E-state index contributed by atoms with van der Waals surface area (Å²) in [5, 5.41) is 0. The van der Waals surface area contributed by atoms with Gasteiger partial charge in [0.1, 0.15) is 11.2 Å². The molecule has 3 aromatic rings. The zero-order chi connectivity index (χ0) is 21.6. The van der Waals surface area contributed by atoms with E-state index in [4.69, 9.17) is 25.9 Å². The molecule has 0 radical (unpaired) electrons. The number of benzene rings is 2. The first-order valence-electron chi connectivity index (χ1n) is 11.0. The summed E-state index contributed by atoms with van der Waals surface area (Å²) in [6, 6.07) is 12.3. The lowest BCUT2D eigenvalue weighted by atomic mass is 9.87. The molecule has 0 amide bonds. The van der Waals surface area contributed by atoms with Crippen LogP contribution in [-0.4, -0.2) is 22.6 Å². The highest BCUT2D eigenvalue weighted by Gasteiger charge is 2.43. The molecule has 1 saturated carbocycles. The molecule has 0 saturated heterocycles. The summed E-state index contributed by atoms with van der Waals surface area (Å²) in [6.45, 7) is 4.21. The maximum Gasteiger partial charge on any atom is 0.227 e. The van der Waals surface area contributed by atoms with E-state index < -0.39 is 5.66 Å². The van der Waals surface area contributed by atoms with Gasteiger partial charge in [-0.3, -0.25) is 4.90 Å². The molecule has 7 nitrogen and oxygen atoms in total. The smallest absolute Gasteiger partial charge is 0.227 e. The second kappa shape index (κ2) is 7.41. The van der Waals surface area contributed by atoms with Crippen molar-refractivity contribution in [1.82, 2.24) is 4.98 Å². The van der Waals surface area contributed by atoms with Crippen molar-refractivity contribution in [3.63, 3.8) is 0 Å². The second-order valence-electron chi connectivity index (χ2n) is 8.49. The summed E-state index contributed by atoms with van der Waals surface area (Å²) < 4.78 is 6.08. The zero-order valence-corrected chi connectivity index (χ0v) is 18.1. The van der Waals surface area contributed by atoms with Gasteiger partial charge in [0.2, 0.25) is 17.8 Å². The fourth-order valence-corrected chi connectivity index (χ4v) is 4.77. The number of oxazole rings is 1. The predicted molar refractivity (Wildman–Crippen MR) is 125 cm³/mol. The van der Waals surface area contributed by atoms with Crippen LogP contribution in [0.4, 0.5) is 5.69 Å². The van der Waals surface area contributed by atoms with Gasteiger partial charge < -0.3 is 15.9 Å². The molecule has 1 aliphatic heterocycles. The first-order chi connectivity index (χ1) is 15.0. The van der Waals surface area contributed by atoms with Crippen LogP contribution in [0.15, 0.2) is 50.8 Å². The number of hydrogen-bond acceptors (Lipinski definition) is 7. The average molecular weight is 417 g/mol. The van der Waals surface area contributed by atoms with E-state index >= 15 is 0 Å². The van der Waals surface area contributed by atoms with Gasteiger partial charge in [-0.15, -0.1) is 0 Å². The molecule has 1 aliphatic carbocycles. The van der Waals surface area contributed by atoms with E-state index in [0.29, 0.717) is 11.9 Å². The van der Waals surface area contributed by atoms with Gasteiger partial charge in [0.05, 0.1) is 0 Å². The summed E-state index contributed by atoms with van der Waals surface area (Å²) >= 11 is 0. The summed E-state index contributed by atoms with van der Waals surface area (Å²) in [5.74, 6) is 1.24. The number of fused-ring (bicyclic) bond motifs is 1. The van der Waals surface area contributed by atoms with Crippen LogP contribution in [0.5, 0.6) is 0 Å². The molecule has 1 fully saturated rings. The molecular formula is C24H28N6O. The van der Waals surface area contributed by atoms with Crippen molar-refractivity contribution in [2.45, 2.75) is 58.0 Å². The minimum absolute atomic E-state index is 0.259. The zero-order valence-electron chi connectivity index (χ0n) is 18.1. The average Bonchev–Trinajstić information content (AvgIpc) is 3.18. The van der Waals surface area contributed by atoms with Crippen LogP contribution in [0.25, 0.3) is 22.6 Å². The molecule has 1 spiro atoms. The maximum absolute atomic E-state index is 6.43. The van der Waals surface area contributed by atoms with Crippen molar-refractivity contribution in [2.75, 3.05) is 4.90 Å². The molecule has 31 heavy (non-hydrogen) atoms. The van der Waals surface area contributed by atoms with Crippen LogP contribution in [0, 0.1) is 6.92 Å². The largest absolute Gasteiger partial charge is 0.436 e. The minimum Gasteiger partial charge on any atom is -0.436 e. The van der Waals surface area contributed by atoms with Crippen LogP contribution in [-0.2, 0) is 6.42 Å². The van der Waals surface area contributed by atoms with Crippen LogP contribution in [0.2, 0.25) is 0 Å². The highest BCUT2D eigenvalue weighted by molar-refractivity contribution is 6.06. The van der Waals surface area contributed by atoms with Crippen LogP contribution < -0.4 is 16.4 Å². The monoisotopic (exact) mass is 416 g/mol. The minimum atomic E-state index is -0.477. The summed E-state index contributed by atoms with van der Waals surface area (Å²) in [7, 11) is 0. The summed E-state index contributed by atoms with van der Waals surface area (Å²) in [5.41, 5.74) is 17.8. The number of rotatable bonds is 3. The standard InChI is InChI=1S/C24H28N6O/c1-3-16-8-10-20-18(13-16)27-21(31-20)17-9-7-15(2)19(14-17)30-23(26)28-22(25)29-24(30)11-5-4-6-12-24/h7-10,13-14H,3-6,11-12H2,1-2H3,(H4,25,26,28,29). The topological polar surface area (TPSA) is 106 Å². The van der Waals surface area contributed by atoms with Crippen LogP contribution in [0.3, 0.4) is 0 Å². The van der Waals surface area contributed by atoms with E-state index in [1.807, 2.05) is 12.1 Å². The highest BCUT2D eigenvalue weighted by atomic mass is 16.3. The predicted octanol–water partition coefficient (Wildman–Crippen LogP) is 4.48. The lowest BCUT2D eigenvalue weighted by Crippen LogP contribution is -2.58. The van der Waals surface area contributed by atoms with Crippen molar-refractivity contribution in [3.05, 3.63) is 47.5 Å². The van der Waals surface area contributed by atoms with Gasteiger partial charge in [-0.2, -0.15) is 4.99 Å². The van der Waals surface area contributed by atoms with E-state index in [-0.39, 0.29) is 5.96 Å². The Labute approximate surface area is 181 Å². The molecule has 2 heterocycles. The Balaban J connectivity index is 1.61. The van der Waals surface area contributed by atoms with Crippen molar-refractivity contribution in [2.24, 2.45) is 21.5 Å². The third-order valence-corrected chi connectivity index (χ3v) is 6.41. The molecular weight excluding hydrogens is 388 g/mol. The van der Waals surface area contributed by atoms with E-state index in [2.05, 4.69) is 48.0 Å². The van der Waals surface area contributed by atoms with E-state index in [9.17, 15) is 0 Å². The maximum atomic E-state index is 6.43. The molecule has 0 atom stereocenters. The summed E-state index contributed by atoms with van der Waals surface area (Å²) in [4.78, 5) is 15.9. The normalized spacial score (nSPS) is 18.3. The number of nitrogens with zero attached hydrogens (tertiary/aromatic N) is 4. The van der Waals surface area contributed by atoms with E-state index in [0.717, 1.165) is 60.0 Å². The molecule has 4 N–H and O–H groups in total. The van der Waals surface area contributed by atoms with Crippen molar-refractivity contribution in [1.29, 1.82) is 0 Å². The number of aliphatic imine (C=N–C) groups is 2. The molecule has 160 valence electrons. The van der Waals surface area contributed by atoms with Crippen LogP contribution >= 0.6 is 0 Å². The molecule has 2 aromatic carbocycles. The Morgan fingerprint density at radius 3 is 2.65 bits per heavy atom. The summed E-state index contributed by atoms with van der Waals surface area (Å²) in [6.07, 6.45) is 6.14. The molecule has 2 aliphatic rings. The number of guanidine groups is 2. The van der Waals surface area contributed by atoms with Crippen LogP contribution in [0.1, 0.15) is 50.2 Å². The number of hydrogen-bond donors (Lipinski definition) is 2. The second-order valence-corrected chi connectivity index (χ2v) is 8.49. The Morgan fingerprint density at radius 2 is 1.87 bits per heavy atom. The first kappa shape index (κ1) is 19.6. The lowest BCUT2D eigenvalue weighted by Gasteiger charge is -2.46. The van der Waals surface area contributed by atoms with Gasteiger partial charge >= 0.3 is 0 Å². The molecule has 0 bridgehead atoms. The number of aromatic nitrogens is 1. The fraction of sp³-hybridized carbons (Fsp3) is 0.375. The van der Waals surface area contributed by atoms with Gasteiger partial charge in [-0.05, 0) is 74.4 Å². The SMILES string of the molecule is CCc1ccc2oc(-c3ccc(C)c(N4C(N)=NC(N)=NC45CCCCC5)c3)nc2c1. The molecule has 1 aromatic heterocycles. The van der Waals surface area contributed by atoms with Gasteiger partial charge in [0, 0.05) is 11.3 Å². The number of nitrogens with two attached hydrogens (primary N) is 2. The van der Waals surface area contributed by atoms with Crippen molar-refractivity contribution >= 4 is 28.7 Å². The first-order valence-corrected chi connectivity index (χ1v) is 11.0. The van der Waals surface area contributed by atoms with Gasteiger partial charge in [-0.1, -0.05) is 25.5 Å². The number of anilines is 1. The van der Waals surface area contributed by atoms with Gasteiger partial charge in [0.15, 0.2) is 5.58 Å². The Hall–Kier alpha value is -3.35. The van der Waals surface area contributed by atoms with Gasteiger partial charge in [-0.25, -0.2) is 9.98 Å². The van der Waals surface area contributed by atoms with Crippen molar-refractivity contribution in [3.8, 4) is 11.5 Å². The third-order valence-electron chi connectivity index (χ3n) is 6.41. The Bertz CT molecular complexity index is 1200.